The van der Waals surface area contributed by atoms with Gasteiger partial charge in [-0.1, -0.05) is 6.07 Å². The van der Waals surface area contributed by atoms with Crippen LogP contribution in [0, 0.1) is 11.6 Å². The van der Waals surface area contributed by atoms with Gasteiger partial charge in [0.25, 0.3) is 0 Å². The fourth-order valence-electron chi connectivity index (χ4n) is 2.33. The van der Waals surface area contributed by atoms with Crippen LogP contribution in [-0.4, -0.2) is 21.9 Å². The van der Waals surface area contributed by atoms with Crippen LogP contribution >= 0.6 is 0 Å². The molecule has 1 unspecified atom stereocenters. The number of aliphatic hydroxyl groups excluding tert-OH is 1. The number of hydrogen-bond donors (Lipinski definition) is 3. The van der Waals surface area contributed by atoms with Crippen molar-refractivity contribution in [2.45, 2.75) is 39.0 Å². The van der Waals surface area contributed by atoms with Crippen LogP contribution < -0.4 is 5.32 Å². The van der Waals surface area contributed by atoms with Crippen LogP contribution in [0.3, 0.4) is 0 Å². The lowest BCUT2D eigenvalue weighted by atomic mass is 9.99. The van der Waals surface area contributed by atoms with Gasteiger partial charge in [-0.05, 0) is 56.2 Å². The first-order valence-corrected chi connectivity index (χ1v) is 7.98. The fraction of sp³-hybridized carbons (Fsp3) is 0.316. The summed E-state index contributed by atoms with van der Waals surface area (Å²) >= 11 is 0. The summed E-state index contributed by atoms with van der Waals surface area (Å²) in [6.07, 6.45) is -1.96. The number of benzene rings is 2. The summed E-state index contributed by atoms with van der Waals surface area (Å²) in [4.78, 5) is 11.7. The second-order valence-electron chi connectivity index (χ2n) is 6.85. The molecule has 0 aliphatic rings. The lowest BCUT2D eigenvalue weighted by Crippen LogP contribution is -2.32. The van der Waals surface area contributed by atoms with Gasteiger partial charge in [0.05, 0.1) is 0 Å². The molecular formula is C19H21F2NO4. The predicted octanol–water partition coefficient (Wildman–Crippen LogP) is 3.78. The lowest BCUT2D eigenvalue weighted by molar-refractivity contribution is 0.0523. The molecule has 1 atom stereocenters. The molecule has 2 aromatic rings. The summed E-state index contributed by atoms with van der Waals surface area (Å²) < 4.78 is 32.5. The van der Waals surface area contributed by atoms with Crippen molar-refractivity contribution in [1.82, 2.24) is 5.32 Å². The number of phenols is 1. The molecule has 140 valence electrons. The second-order valence-corrected chi connectivity index (χ2v) is 6.85. The van der Waals surface area contributed by atoms with Crippen molar-refractivity contribution in [2.75, 3.05) is 0 Å². The Hall–Kier alpha value is -2.67. The van der Waals surface area contributed by atoms with Gasteiger partial charge in [-0.2, -0.15) is 0 Å². The third kappa shape index (κ3) is 5.42. The Morgan fingerprint density at radius 1 is 1.15 bits per heavy atom. The Morgan fingerprint density at radius 2 is 1.85 bits per heavy atom. The van der Waals surface area contributed by atoms with Crippen molar-refractivity contribution in [3.05, 3.63) is 64.7 Å². The molecule has 0 spiro atoms. The minimum absolute atomic E-state index is 0.125. The fourth-order valence-corrected chi connectivity index (χ4v) is 2.33. The highest BCUT2D eigenvalue weighted by Gasteiger charge is 2.18. The van der Waals surface area contributed by atoms with Crippen molar-refractivity contribution in [3.63, 3.8) is 0 Å². The van der Waals surface area contributed by atoms with E-state index in [4.69, 9.17) is 4.74 Å². The van der Waals surface area contributed by atoms with Crippen LogP contribution in [0.15, 0.2) is 36.4 Å². The molecule has 0 saturated carbocycles. The zero-order chi connectivity index (χ0) is 19.5. The average molecular weight is 365 g/mol. The molecule has 0 aromatic heterocycles. The number of aliphatic hydroxyl groups is 1. The normalized spacial score (nSPS) is 12.5. The number of rotatable bonds is 4. The van der Waals surface area contributed by atoms with Gasteiger partial charge >= 0.3 is 6.09 Å². The first kappa shape index (κ1) is 19.7. The quantitative estimate of drug-likeness (QED) is 0.771. The number of carbonyl (C=O) groups excluding carboxylic acids is 1. The third-order valence-corrected chi connectivity index (χ3v) is 3.43. The molecule has 0 bridgehead atoms. The molecule has 0 fully saturated rings. The van der Waals surface area contributed by atoms with E-state index in [9.17, 15) is 23.8 Å². The SMILES string of the molecule is CC(C)(C)OC(=O)NCc1cc(C(O)c2cc(O)cc(F)c2)ccc1F. The molecule has 5 nitrogen and oxygen atoms in total. The van der Waals surface area contributed by atoms with E-state index in [1.807, 2.05) is 0 Å². The van der Waals surface area contributed by atoms with E-state index in [-0.39, 0.29) is 29.0 Å². The summed E-state index contributed by atoms with van der Waals surface area (Å²) in [7, 11) is 0. The Labute approximate surface area is 150 Å². The summed E-state index contributed by atoms with van der Waals surface area (Å²) in [5.74, 6) is -1.60. The number of hydrogen-bond acceptors (Lipinski definition) is 4. The van der Waals surface area contributed by atoms with E-state index in [0.29, 0.717) is 0 Å². The van der Waals surface area contributed by atoms with Crippen molar-refractivity contribution >= 4 is 6.09 Å². The van der Waals surface area contributed by atoms with E-state index in [0.717, 1.165) is 18.2 Å². The smallest absolute Gasteiger partial charge is 0.407 e. The average Bonchev–Trinajstić information content (AvgIpc) is 2.51. The number of amides is 1. The molecular weight excluding hydrogens is 344 g/mol. The van der Waals surface area contributed by atoms with Gasteiger partial charge in [0.2, 0.25) is 0 Å². The maximum atomic E-state index is 14.0. The van der Waals surface area contributed by atoms with Gasteiger partial charge in [0, 0.05) is 18.2 Å². The van der Waals surface area contributed by atoms with E-state index in [1.54, 1.807) is 20.8 Å². The molecule has 0 aliphatic heterocycles. The summed E-state index contributed by atoms with van der Waals surface area (Å²) in [5, 5.41) is 22.3. The van der Waals surface area contributed by atoms with Crippen molar-refractivity contribution in [2.24, 2.45) is 0 Å². The van der Waals surface area contributed by atoms with Crippen LogP contribution in [0.5, 0.6) is 5.75 Å². The first-order chi connectivity index (χ1) is 12.0. The molecule has 1 amide bonds. The summed E-state index contributed by atoms with van der Waals surface area (Å²) in [5.41, 5.74) is -0.134. The van der Waals surface area contributed by atoms with Gasteiger partial charge in [-0.15, -0.1) is 0 Å². The lowest BCUT2D eigenvalue weighted by Gasteiger charge is -2.20. The number of aromatic hydroxyl groups is 1. The van der Waals surface area contributed by atoms with E-state index in [2.05, 4.69) is 5.32 Å². The predicted molar refractivity (Wildman–Crippen MR) is 91.6 cm³/mol. The molecule has 3 N–H and O–H groups in total. The Bertz CT molecular complexity index is 782. The largest absolute Gasteiger partial charge is 0.508 e. The van der Waals surface area contributed by atoms with Gasteiger partial charge < -0.3 is 20.3 Å². The zero-order valence-corrected chi connectivity index (χ0v) is 14.7. The number of nitrogens with one attached hydrogen (secondary N) is 1. The summed E-state index contributed by atoms with van der Waals surface area (Å²) in [6.45, 7) is 4.98. The maximum absolute atomic E-state index is 14.0. The van der Waals surface area contributed by atoms with Crippen LogP contribution in [0.1, 0.15) is 43.6 Å². The van der Waals surface area contributed by atoms with Crippen LogP contribution in [-0.2, 0) is 11.3 Å². The van der Waals surface area contributed by atoms with Crippen molar-refractivity contribution < 1.29 is 28.5 Å². The highest BCUT2D eigenvalue weighted by molar-refractivity contribution is 5.67. The van der Waals surface area contributed by atoms with E-state index < -0.39 is 29.4 Å². The van der Waals surface area contributed by atoms with Gasteiger partial charge in [-0.3, -0.25) is 0 Å². The molecule has 0 saturated heterocycles. The Balaban J connectivity index is 2.17. The number of ether oxygens (including phenoxy) is 1. The number of alkyl carbamates (subject to hydrolysis) is 1. The van der Waals surface area contributed by atoms with Crippen LogP contribution in [0.2, 0.25) is 0 Å². The molecule has 2 aromatic carbocycles. The molecule has 2 rings (SSSR count). The van der Waals surface area contributed by atoms with Crippen LogP contribution in [0.4, 0.5) is 13.6 Å². The highest BCUT2D eigenvalue weighted by Crippen LogP contribution is 2.27. The number of phenolic OH excluding ortho intramolecular Hbond substituents is 1. The minimum atomic E-state index is -1.27. The number of halogens is 2. The molecule has 0 radical (unpaired) electrons. The third-order valence-electron chi connectivity index (χ3n) is 3.43. The standard InChI is InChI=1S/C19H21F2NO4/c1-19(2,3)26-18(25)22-10-13-6-11(4-5-16(13)21)17(24)12-7-14(20)9-15(23)8-12/h4-9,17,23-24H,10H2,1-3H3,(H,22,25). The van der Waals surface area contributed by atoms with Crippen molar-refractivity contribution in [1.29, 1.82) is 0 Å². The summed E-state index contributed by atoms with van der Waals surface area (Å²) in [6, 6.07) is 7.06. The number of carbonyl (C=O) groups is 1. The second kappa shape index (κ2) is 7.70. The van der Waals surface area contributed by atoms with Gasteiger partial charge in [0.15, 0.2) is 0 Å². The molecule has 26 heavy (non-hydrogen) atoms. The monoisotopic (exact) mass is 365 g/mol. The minimum Gasteiger partial charge on any atom is -0.508 e. The highest BCUT2D eigenvalue weighted by atomic mass is 19.1. The Morgan fingerprint density at radius 3 is 2.46 bits per heavy atom. The molecule has 0 heterocycles. The molecule has 0 aliphatic carbocycles. The Kier molecular flexibility index (Phi) is 5.82. The van der Waals surface area contributed by atoms with E-state index in [1.165, 1.54) is 18.2 Å². The molecule has 7 heteroatoms. The van der Waals surface area contributed by atoms with Gasteiger partial charge in [-0.25, -0.2) is 13.6 Å². The topological polar surface area (TPSA) is 78.8 Å². The maximum Gasteiger partial charge on any atom is 0.407 e. The van der Waals surface area contributed by atoms with Crippen LogP contribution in [0.25, 0.3) is 0 Å². The first-order valence-electron chi connectivity index (χ1n) is 7.98. The van der Waals surface area contributed by atoms with Crippen molar-refractivity contribution in [3.8, 4) is 5.75 Å². The zero-order valence-electron chi connectivity index (χ0n) is 14.7. The van der Waals surface area contributed by atoms with E-state index >= 15 is 0 Å². The van der Waals surface area contributed by atoms with Gasteiger partial charge in [0.1, 0.15) is 29.1 Å².